The molecule has 0 aliphatic heterocycles. The van der Waals surface area contributed by atoms with Crippen molar-refractivity contribution in [2.45, 2.75) is 92.9 Å². The number of allylic oxidation sites excluding steroid dienone is 12. The van der Waals surface area contributed by atoms with E-state index in [2.05, 4.69) is 78.0 Å². The number of carbonyl (C=O) groups is 1. The van der Waals surface area contributed by atoms with E-state index in [-0.39, 0.29) is 5.78 Å². The average Bonchev–Trinajstić information content (AvgIpc) is 2.73. The van der Waals surface area contributed by atoms with Crippen LogP contribution in [0.2, 0.25) is 0 Å². The van der Waals surface area contributed by atoms with Gasteiger partial charge in [0.05, 0.1) is 0 Å². The van der Waals surface area contributed by atoms with E-state index in [9.17, 15) is 4.79 Å². The van der Waals surface area contributed by atoms with Gasteiger partial charge >= 0.3 is 0 Å². The van der Waals surface area contributed by atoms with E-state index in [1.807, 2.05) is 0 Å². The highest BCUT2D eigenvalue weighted by Crippen LogP contribution is 2.31. The summed E-state index contributed by atoms with van der Waals surface area (Å²) >= 11 is 0. The summed E-state index contributed by atoms with van der Waals surface area (Å²) in [5.41, 5.74) is 7.80. The lowest BCUT2D eigenvalue weighted by molar-refractivity contribution is -0.116. The molecule has 0 bridgehead atoms. The Labute approximate surface area is 185 Å². The van der Waals surface area contributed by atoms with E-state index >= 15 is 0 Å². The lowest BCUT2D eigenvalue weighted by Crippen LogP contribution is -2.14. The highest BCUT2D eigenvalue weighted by atomic mass is 16.1. The molecule has 0 heterocycles. The smallest absolute Gasteiger partial charge is 0.163 e. The monoisotopic (exact) mass is 406 g/mol. The van der Waals surface area contributed by atoms with Crippen LogP contribution in [0.1, 0.15) is 92.9 Å². The van der Waals surface area contributed by atoms with Crippen LogP contribution in [0, 0.1) is 11.8 Å². The van der Waals surface area contributed by atoms with Crippen molar-refractivity contribution in [3.8, 4) is 0 Å². The average molecular weight is 407 g/mol. The number of rotatable bonds is 9. The minimum atomic E-state index is 0.281. The Morgan fingerprint density at radius 3 is 2.37 bits per heavy atom. The maximum atomic E-state index is 13.1. The number of ketones is 1. The second-order valence-electron chi connectivity index (χ2n) is 9.15. The summed E-state index contributed by atoms with van der Waals surface area (Å²) in [5, 5.41) is 0. The molecule has 0 aromatic heterocycles. The molecule has 2 aliphatic carbocycles. The first-order chi connectivity index (χ1) is 14.4. The summed E-state index contributed by atoms with van der Waals surface area (Å²) in [6.45, 7) is 13.3. The molecule has 0 aromatic rings. The fourth-order valence-corrected chi connectivity index (χ4v) is 4.37. The van der Waals surface area contributed by atoms with Crippen LogP contribution < -0.4 is 0 Å². The zero-order valence-corrected chi connectivity index (χ0v) is 20.2. The van der Waals surface area contributed by atoms with Gasteiger partial charge in [-0.3, -0.25) is 4.79 Å². The first-order valence-corrected chi connectivity index (χ1v) is 12.1. The quantitative estimate of drug-likeness (QED) is 0.374. The first kappa shape index (κ1) is 24.4. The van der Waals surface area contributed by atoms with E-state index in [0.717, 1.165) is 37.7 Å². The van der Waals surface area contributed by atoms with Gasteiger partial charge in [-0.2, -0.15) is 0 Å². The second kappa shape index (κ2) is 12.1. The van der Waals surface area contributed by atoms with Crippen LogP contribution in [0.5, 0.6) is 0 Å². The van der Waals surface area contributed by atoms with Gasteiger partial charge in [-0.1, -0.05) is 82.6 Å². The van der Waals surface area contributed by atoms with Crippen molar-refractivity contribution in [2.24, 2.45) is 11.8 Å². The van der Waals surface area contributed by atoms with Gasteiger partial charge in [0, 0.05) is 12.0 Å². The Balaban J connectivity index is 2.30. The Bertz CT molecular complexity index is 794. The SMILES string of the molecule is CCC1=CCCC(CC)=C1C=CC1=CCCC(C)=CC(C(=O)CC(C)C(C)CC)=C1. The van der Waals surface area contributed by atoms with E-state index in [0.29, 0.717) is 18.3 Å². The molecule has 0 fully saturated rings. The van der Waals surface area contributed by atoms with Gasteiger partial charge in [0.2, 0.25) is 0 Å². The van der Waals surface area contributed by atoms with Crippen LogP contribution in [0.4, 0.5) is 0 Å². The molecule has 0 saturated carbocycles. The molecule has 0 saturated heterocycles. The number of carbonyl (C=O) groups excluding carboxylic acids is 1. The van der Waals surface area contributed by atoms with Crippen LogP contribution >= 0.6 is 0 Å². The Hall–Kier alpha value is -1.89. The van der Waals surface area contributed by atoms with Crippen LogP contribution in [-0.2, 0) is 4.79 Å². The van der Waals surface area contributed by atoms with Crippen molar-refractivity contribution < 1.29 is 4.79 Å². The summed E-state index contributed by atoms with van der Waals surface area (Å²) in [5.74, 6) is 1.28. The zero-order chi connectivity index (χ0) is 22.1. The molecule has 0 radical (unpaired) electrons. The van der Waals surface area contributed by atoms with Crippen molar-refractivity contribution in [3.63, 3.8) is 0 Å². The Kier molecular flexibility index (Phi) is 9.82. The van der Waals surface area contributed by atoms with E-state index in [4.69, 9.17) is 0 Å². The topological polar surface area (TPSA) is 17.1 Å². The molecule has 0 spiro atoms. The molecule has 1 heteroatoms. The standard InChI is InChI=1S/C29H42O/c1-7-22(5)23(6)19-29(30)27-18-21(4)12-10-13-24(20-27)16-17-28-25(8-2)14-11-15-26(28)9-3/h13-14,16-18,20,22-23H,7-12,15,19H2,1-6H3. The number of Topliss-reactive ketones (excluding diaryl/α,β-unsaturated/α-hetero) is 1. The van der Waals surface area contributed by atoms with E-state index in [1.54, 1.807) is 5.57 Å². The van der Waals surface area contributed by atoms with E-state index in [1.165, 1.54) is 35.1 Å². The Morgan fingerprint density at radius 1 is 0.967 bits per heavy atom. The molecule has 2 rings (SSSR count). The maximum Gasteiger partial charge on any atom is 0.163 e. The summed E-state index contributed by atoms with van der Waals surface area (Å²) in [6, 6.07) is 0. The molecule has 2 aliphatic rings. The number of hydrogen-bond acceptors (Lipinski definition) is 1. The largest absolute Gasteiger partial charge is 0.294 e. The lowest BCUT2D eigenvalue weighted by Gasteiger charge is -2.19. The van der Waals surface area contributed by atoms with Gasteiger partial charge in [-0.25, -0.2) is 0 Å². The van der Waals surface area contributed by atoms with Gasteiger partial charge in [0.1, 0.15) is 0 Å². The van der Waals surface area contributed by atoms with Gasteiger partial charge in [-0.05, 0) is 80.1 Å². The van der Waals surface area contributed by atoms with E-state index < -0.39 is 0 Å². The molecule has 164 valence electrons. The van der Waals surface area contributed by atoms with Crippen LogP contribution in [0.25, 0.3) is 0 Å². The molecule has 0 aromatic carbocycles. The number of hydrogen-bond donors (Lipinski definition) is 0. The third-order valence-corrected chi connectivity index (χ3v) is 6.90. The molecular weight excluding hydrogens is 364 g/mol. The molecule has 2 atom stereocenters. The highest BCUT2D eigenvalue weighted by molar-refractivity contribution is 5.98. The van der Waals surface area contributed by atoms with Crippen LogP contribution in [0.3, 0.4) is 0 Å². The van der Waals surface area contributed by atoms with Crippen molar-refractivity contribution in [1.82, 2.24) is 0 Å². The van der Waals surface area contributed by atoms with Crippen molar-refractivity contribution in [2.75, 3.05) is 0 Å². The minimum absolute atomic E-state index is 0.281. The van der Waals surface area contributed by atoms with Crippen molar-refractivity contribution in [1.29, 1.82) is 0 Å². The predicted molar refractivity (Wildman–Crippen MR) is 131 cm³/mol. The van der Waals surface area contributed by atoms with Crippen molar-refractivity contribution in [3.05, 3.63) is 69.9 Å². The first-order valence-electron chi connectivity index (χ1n) is 12.1. The predicted octanol–water partition coefficient (Wildman–Crippen LogP) is 8.61. The molecule has 0 amide bonds. The van der Waals surface area contributed by atoms with Crippen LogP contribution in [-0.4, -0.2) is 5.78 Å². The van der Waals surface area contributed by atoms with Gasteiger partial charge < -0.3 is 0 Å². The minimum Gasteiger partial charge on any atom is -0.294 e. The maximum absolute atomic E-state index is 13.1. The van der Waals surface area contributed by atoms with Gasteiger partial charge in [0.25, 0.3) is 0 Å². The zero-order valence-electron chi connectivity index (χ0n) is 20.2. The molecule has 2 unspecified atom stereocenters. The third-order valence-electron chi connectivity index (χ3n) is 6.90. The van der Waals surface area contributed by atoms with Crippen molar-refractivity contribution >= 4 is 5.78 Å². The summed E-state index contributed by atoms with van der Waals surface area (Å²) in [6.07, 6.45) is 21.8. The molecule has 30 heavy (non-hydrogen) atoms. The molecule has 1 nitrogen and oxygen atoms in total. The lowest BCUT2D eigenvalue weighted by atomic mass is 9.86. The third kappa shape index (κ3) is 6.83. The second-order valence-corrected chi connectivity index (χ2v) is 9.15. The summed E-state index contributed by atoms with van der Waals surface area (Å²) in [4.78, 5) is 13.1. The summed E-state index contributed by atoms with van der Waals surface area (Å²) < 4.78 is 0. The molecule has 0 N–H and O–H groups in total. The van der Waals surface area contributed by atoms with Gasteiger partial charge in [-0.15, -0.1) is 0 Å². The van der Waals surface area contributed by atoms with Gasteiger partial charge in [0.15, 0.2) is 5.78 Å². The Morgan fingerprint density at radius 2 is 1.70 bits per heavy atom. The fourth-order valence-electron chi connectivity index (χ4n) is 4.37. The fraction of sp³-hybridized carbons (Fsp3) is 0.552. The highest BCUT2D eigenvalue weighted by Gasteiger charge is 2.18. The summed E-state index contributed by atoms with van der Waals surface area (Å²) in [7, 11) is 0. The van der Waals surface area contributed by atoms with Crippen LogP contribution in [0.15, 0.2) is 69.9 Å². The normalized spacial score (nSPS) is 20.1. The molecular formula is C29H42O.